The summed E-state index contributed by atoms with van der Waals surface area (Å²) in [6, 6.07) is 3.97. The Hall–Kier alpha value is -2.74. The molecule has 23 heavy (non-hydrogen) atoms. The Labute approximate surface area is 134 Å². The molecule has 0 unspecified atom stereocenters. The van der Waals surface area contributed by atoms with Gasteiger partial charge < -0.3 is 10.6 Å². The van der Waals surface area contributed by atoms with Gasteiger partial charge in [0.1, 0.15) is 5.02 Å². The second-order valence-corrected chi connectivity index (χ2v) is 4.98. The van der Waals surface area contributed by atoms with Crippen molar-refractivity contribution in [2.24, 2.45) is 0 Å². The lowest BCUT2D eigenvalue weighted by molar-refractivity contribution is 0.500. The van der Waals surface area contributed by atoms with Crippen LogP contribution >= 0.6 is 11.6 Å². The monoisotopic (exact) mass is 336 g/mol. The van der Waals surface area contributed by atoms with Crippen LogP contribution in [0.2, 0.25) is 5.02 Å². The van der Waals surface area contributed by atoms with Gasteiger partial charge in [-0.3, -0.25) is 5.10 Å². The first kappa shape index (κ1) is 15.2. The molecule has 3 N–H and O–H groups in total. The van der Waals surface area contributed by atoms with Crippen LogP contribution in [0, 0.1) is 11.6 Å². The van der Waals surface area contributed by atoms with Crippen molar-refractivity contribution >= 4 is 29.1 Å². The number of H-pyrrole nitrogens is 1. The number of aromatic nitrogens is 4. The van der Waals surface area contributed by atoms with E-state index in [4.69, 9.17) is 11.6 Å². The van der Waals surface area contributed by atoms with Crippen LogP contribution < -0.4 is 10.6 Å². The lowest BCUT2D eigenvalue weighted by atomic mass is 10.2. The number of nitrogens with zero attached hydrogens (tertiary/aromatic N) is 3. The lowest BCUT2D eigenvalue weighted by Gasteiger charge is -2.10. The van der Waals surface area contributed by atoms with Gasteiger partial charge in [0.2, 0.25) is 5.95 Å². The summed E-state index contributed by atoms with van der Waals surface area (Å²) in [6.45, 7) is 0.0332. The van der Waals surface area contributed by atoms with Crippen LogP contribution in [0.3, 0.4) is 0 Å². The molecule has 0 atom stereocenters. The number of halogens is 3. The molecule has 2 heterocycles. The second kappa shape index (κ2) is 6.57. The predicted molar refractivity (Wildman–Crippen MR) is 82.6 cm³/mol. The van der Waals surface area contributed by atoms with Gasteiger partial charge in [0.05, 0.1) is 18.1 Å². The average molecular weight is 337 g/mol. The number of hydrogen-bond acceptors (Lipinski definition) is 5. The van der Waals surface area contributed by atoms with Gasteiger partial charge in [0.15, 0.2) is 17.5 Å². The molecule has 0 saturated heterocycles. The summed E-state index contributed by atoms with van der Waals surface area (Å²) in [5.41, 5.74) is 0.846. The van der Waals surface area contributed by atoms with Crippen molar-refractivity contribution in [2.75, 3.05) is 10.6 Å². The third-order valence-electron chi connectivity index (χ3n) is 2.98. The summed E-state index contributed by atoms with van der Waals surface area (Å²) >= 11 is 6.01. The van der Waals surface area contributed by atoms with E-state index < -0.39 is 11.6 Å². The van der Waals surface area contributed by atoms with E-state index in [0.29, 0.717) is 11.5 Å². The van der Waals surface area contributed by atoms with Gasteiger partial charge in [-0.25, -0.2) is 13.8 Å². The molecule has 0 radical (unpaired) electrons. The van der Waals surface area contributed by atoms with Gasteiger partial charge in [-0.15, -0.1) is 0 Å². The second-order valence-electron chi connectivity index (χ2n) is 4.57. The molecule has 6 nitrogen and oxygen atoms in total. The van der Waals surface area contributed by atoms with Crippen molar-refractivity contribution in [1.29, 1.82) is 0 Å². The molecule has 0 bridgehead atoms. The number of benzene rings is 1. The maximum atomic E-state index is 13.6. The van der Waals surface area contributed by atoms with Gasteiger partial charge >= 0.3 is 0 Å². The zero-order valence-electron chi connectivity index (χ0n) is 11.6. The average Bonchev–Trinajstić information content (AvgIpc) is 3.04. The molecule has 9 heteroatoms. The van der Waals surface area contributed by atoms with Crippen molar-refractivity contribution < 1.29 is 8.78 Å². The molecule has 0 fully saturated rings. The normalized spacial score (nSPS) is 10.6. The minimum absolute atomic E-state index is 0.0332. The minimum Gasteiger partial charge on any atom is -0.364 e. The van der Waals surface area contributed by atoms with E-state index in [-0.39, 0.29) is 23.1 Å². The quantitative estimate of drug-likeness (QED) is 0.664. The number of aromatic amines is 1. The largest absolute Gasteiger partial charge is 0.364 e. The third kappa shape index (κ3) is 3.54. The van der Waals surface area contributed by atoms with E-state index in [1.54, 1.807) is 12.4 Å². The Morgan fingerprint density at radius 2 is 2.09 bits per heavy atom. The van der Waals surface area contributed by atoms with Crippen molar-refractivity contribution in [2.45, 2.75) is 6.54 Å². The Bertz CT molecular complexity index is 809. The number of hydrogen-bond donors (Lipinski definition) is 3. The van der Waals surface area contributed by atoms with Gasteiger partial charge in [-0.1, -0.05) is 23.7 Å². The molecule has 0 aliphatic carbocycles. The predicted octanol–water partition coefficient (Wildman–Crippen LogP) is 3.49. The highest BCUT2D eigenvalue weighted by atomic mass is 35.5. The SMILES string of the molecule is Fc1cccc(CNc2nc(Nc3cn[nH]c3)ncc2Cl)c1F. The van der Waals surface area contributed by atoms with Gasteiger partial charge in [0.25, 0.3) is 0 Å². The third-order valence-corrected chi connectivity index (χ3v) is 3.25. The lowest BCUT2D eigenvalue weighted by Crippen LogP contribution is -2.07. The van der Waals surface area contributed by atoms with E-state index >= 15 is 0 Å². The van der Waals surface area contributed by atoms with Crippen molar-refractivity contribution in [3.63, 3.8) is 0 Å². The maximum Gasteiger partial charge on any atom is 0.229 e. The molecular formula is C14H11ClF2N6. The highest BCUT2D eigenvalue weighted by Gasteiger charge is 2.10. The zero-order valence-corrected chi connectivity index (χ0v) is 12.4. The van der Waals surface area contributed by atoms with Crippen LogP contribution in [-0.2, 0) is 6.54 Å². The summed E-state index contributed by atoms with van der Waals surface area (Å²) in [5.74, 6) is -1.21. The van der Waals surface area contributed by atoms with Gasteiger partial charge in [0, 0.05) is 18.3 Å². The summed E-state index contributed by atoms with van der Waals surface area (Å²) in [5, 5.41) is 12.5. The number of rotatable bonds is 5. The molecule has 0 saturated carbocycles. The summed E-state index contributed by atoms with van der Waals surface area (Å²) in [6.07, 6.45) is 4.60. The molecule has 118 valence electrons. The molecule has 2 aromatic heterocycles. The van der Waals surface area contributed by atoms with E-state index in [1.807, 2.05) is 0 Å². The van der Waals surface area contributed by atoms with Crippen LogP contribution in [-0.4, -0.2) is 20.2 Å². The van der Waals surface area contributed by atoms with Crippen LogP contribution in [0.15, 0.2) is 36.8 Å². The Kier molecular flexibility index (Phi) is 4.33. The van der Waals surface area contributed by atoms with Crippen molar-refractivity contribution in [3.8, 4) is 0 Å². The molecular weight excluding hydrogens is 326 g/mol. The first-order valence-electron chi connectivity index (χ1n) is 6.58. The molecule has 0 amide bonds. The zero-order chi connectivity index (χ0) is 16.2. The van der Waals surface area contributed by atoms with Crippen LogP contribution in [0.25, 0.3) is 0 Å². The molecule has 3 aromatic rings. The van der Waals surface area contributed by atoms with Crippen LogP contribution in [0.1, 0.15) is 5.56 Å². The fourth-order valence-electron chi connectivity index (χ4n) is 1.86. The topological polar surface area (TPSA) is 78.5 Å². The van der Waals surface area contributed by atoms with E-state index in [2.05, 4.69) is 30.8 Å². The molecule has 3 rings (SSSR count). The maximum absolute atomic E-state index is 13.6. The highest BCUT2D eigenvalue weighted by Crippen LogP contribution is 2.22. The fraction of sp³-hybridized carbons (Fsp3) is 0.0714. The molecule has 0 aliphatic rings. The summed E-state index contributed by atoms with van der Waals surface area (Å²) in [7, 11) is 0. The van der Waals surface area contributed by atoms with Gasteiger partial charge in [-0.05, 0) is 6.07 Å². The Morgan fingerprint density at radius 1 is 1.22 bits per heavy atom. The van der Waals surface area contributed by atoms with Crippen LogP contribution in [0.5, 0.6) is 0 Å². The standard InChI is InChI=1S/C14H11ClF2N6/c15-10-7-19-14(22-9-5-20-21-6-9)23-13(10)18-4-8-2-1-3-11(16)12(8)17/h1-3,5-7H,4H2,(H,20,21)(H2,18,19,22,23). The van der Waals surface area contributed by atoms with Crippen molar-refractivity contribution in [1.82, 2.24) is 20.2 Å². The highest BCUT2D eigenvalue weighted by molar-refractivity contribution is 6.32. The molecule has 0 spiro atoms. The van der Waals surface area contributed by atoms with E-state index in [0.717, 1.165) is 6.07 Å². The molecule has 1 aromatic carbocycles. The van der Waals surface area contributed by atoms with Crippen molar-refractivity contribution in [3.05, 3.63) is 59.0 Å². The smallest absolute Gasteiger partial charge is 0.229 e. The number of nitrogens with one attached hydrogen (secondary N) is 3. The van der Waals surface area contributed by atoms with Crippen LogP contribution in [0.4, 0.5) is 26.2 Å². The fourth-order valence-corrected chi connectivity index (χ4v) is 2.02. The Balaban J connectivity index is 1.75. The number of anilines is 3. The molecule has 0 aliphatic heterocycles. The summed E-state index contributed by atoms with van der Waals surface area (Å²) in [4.78, 5) is 8.22. The first-order chi connectivity index (χ1) is 11.1. The van der Waals surface area contributed by atoms with E-state index in [1.165, 1.54) is 18.3 Å². The Morgan fingerprint density at radius 3 is 2.87 bits per heavy atom. The first-order valence-corrected chi connectivity index (χ1v) is 6.96. The summed E-state index contributed by atoms with van der Waals surface area (Å²) < 4.78 is 26.8. The minimum atomic E-state index is -0.902. The van der Waals surface area contributed by atoms with E-state index in [9.17, 15) is 8.78 Å². The van der Waals surface area contributed by atoms with Gasteiger partial charge in [-0.2, -0.15) is 10.1 Å².